The van der Waals surface area contributed by atoms with E-state index in [0.29, 0.717) is 17.4 Å². The standard InChI is InChI=1S/C33H33ClN4O3S/c1-21-9-15-25(16-10-21)38-33-30(31(36-38)23-11-13-24(34)14-12-23)32(27-8-4-3-6-22(27)2)42-20-29(40)37(33)19-28(39)35-18-26-7-5-17-41-26/h3-4,6,8-16,26,32H,5,7,17-20H2,1-2H3,(H,35,39). The van der Waals surface area contributed by atoms with Gasteiger partial charge in [-0.3, -0.25) is 14.5 Å². The quantitative estimate of drug-likeness (QED) is 0.270. The van der Waals surface area contributed by atoms with Crippen molar-refractivity contribution in [3.63, 3.8) is 0 Å². The van der Waals surface area contributed by atoms with Crippen LogP contribution in [-0.4, -0.2) is 53.1 Å². The molecule has 0 radical (unpaired) electrons. The van der Waals surface area contributed by atoms with Gasteiger partial charge < -0.3 is 10.1 Å². The maximum atomic E-state index is 13.9. The van der Waals surface area contributed by atoms with E-state index in [1.807, 2.05) is 72.3 Å². The highest BCUT2D eigenvalue weighted by molar-refractivity contribution is 8.00. The van der Waals surface area contributed by atoms with E-state index in [0.717, 1.165) is 58.6 Å². The van der Waals surface area contributed by atoms with Gasteiger partial charge in [0.15, 0.2) is 0 Å². The number of benzene rings is 3. The van der Waals surface area contributed by atoms with Gasteiger partial charge in [-0.15, -0.1) is 11.8 Å². The van der Waals surface area contributed by atoms with Crippen molar-refractivity contribution >= 4 is 41.0 Å². The van der Waals surface area contributed by atoms with Crippen molar-refractivity contribution in [2.45, 2.75) is 38.0 Å². The van der Waals surface area contributed by atoms with E-state index in [1.54, 1.807) is 16.7 Å². The summed E-state index contributed by atoms with van der Waals surface area (Å²) in [7, 11) is 0. The number of fused-ring (bicyclic) bond motifs is 1. The second-order valence-corrected chi connectivity index (χ2v) is 12.3. The highest BCUT2D eigenvalue weighted by atomic mass is 35.5. The average Bonchev–Trinajstić information content (AvgIpc) is 3.62. The molecule has 4 aromatic rings. The van der Waals surface area contributed by atoms with Crippen LogP contribution in [0.15, 0.2) is 72.8 Å². The van der Waals surface area contributed by atoms with Crippen molar-refractivity contribution < 1.29 is 14.3 Å². The fraction of sp³-hybridized carbons (Fsp3) is 0.303. The van der Waals surface area contributed by atoms with Gasteiger partial charge in [-0.05, 0) is 62.1 Å². The topological polar surface area (TPSA) is 76.5 Å². The first-order valence-electron chi connectivity index (χ1n) is 14.2. The zero-order chi connectivity index (χ0) is 29.2. The number of nitrogens with one attached hydrogen (secondary N) is 1. The number of rotatable bonds is 7. The van der Waals surface area contributed by atoms with Crippen LogP contribution < -0.4 is 10.2 Å². The van der Waals surface area contributed by atoms with Crippen molar-refractivity contribution in [1.82, 2.24) is 15.1 Å². The van der Waals surface area contributed by atoms with Crippen LogP contribution in [0.4, 0.5) is 5.82 Å². The second kappa shape index (κ2) is 12.3. The third kappa shape index (κ3) is 5.84. The minimum atomic E-state index is -0.228. The van der Waals surface area contributed by atoms with Crippen LogP contribution in [0, 0.1) is 13.8 Å². The van der Waals surface area contributed by atoms with E-state index in [9.17, 15) is 9.59 Å². The molecule has 42 heavy (non-hydrogen) atoms. The summed E-state index contributed by atoms with van der Waals surface area (Å²) in [6, 6.07) is 23.9. The van der Waals surface area contributed by atoms with Crippen LogP contribution in [0.1, 0.15) is 40.3 Å². The van der Waals surface area contributed by atoms with Gasteiger partial charge in [0.25, 0.3) is 0 Å². The Balaban J connectivity index is 1.53. The predicted octanol–water partition coefficient (Wildman–Crippen LogP) is 6.27. The van der Waals surface area contributed by atoms with Crippen molar-refractivity contribution in [2.24, 2.45) is 0 Å². The maximum absolute atomic E-state index is 13.9. The Morgan fingerprint density at radius 2 is 1.83 bits per heavy atom. The highest BCUT2D eigenvalue weighted by Gasteiger charge is 2.38. The first-order chi connectivity index (χ1) is 20.4. The number of halogens is 1. The van der Waals surface area contributed by atoms with Crippen LogP contribution in [0.3, 0.4) is 0 Å². The molecule has 2 unspecified atom stereocenters. The number of aryl methyl sites for hydroxylation is 2. The lowest BCUT2D eigenvalue weighted by Gasteiger charge is -2.24. The Hall–Kier alpha value is -3.59. The van der Waals surface area contributed by atoms with Crippen molar-refractivity contribution in [3.05, 3.63) is 100 Å². The third-order valence-electron chi connectivity index (χ3n) is 7.81. The molecule has 2 amide bonds. The van der Waals surface area contributed by atoms with Gasteiger partial charge in [-0.2, -0.15) is 5.10 Å². The molecule has 0 saturated carbocycles. The third-order valence-corrected chi connectivity index (χ3v) is 9.30. The Kier molecular flexibility index (Phi) is 8.38. The molecule has 3 heterocycles. The number of ether oxygens (including phenoxy) is 1. The smallest absolute Gasteiger partial charge is 0.240 e. The molecule has 1 aromatic heterocycles. The Morgan fingerprint density at radius 1 is 1.07 bits per heavy atom. The van der Waals surface area contributed by atoms with Crippen LogP contribution in [0.2, 0.25) is 5.02 Å². The summed E-state index contributed by atoms with van der Waals surface area (Å²) in [6.45, 7) is 5.16. The van der Waals surface area contributed by atoms with Crippen LogP contribution >= 0.6 is 23.4 Å². The van der Waals surface area contributed by atoms with Crippen molar-refractivity contribution in [1.29, 1.82) is 0 Å². The predicted molar refractivity (Wildman–Crippen MR) is 169 cm³/mol. The summed E-state index contributed by atoms with van der Waals surface area (Å²) in [5.74, 6) is 0.467. The fourth-order valence-electron chi connectivity index (χ4n) is 5.57. The number of carbonyl (C=O) groups is 2. The molecule has 216 valence electrons. The molecule has 3 aromatic carbocycles. The van der Waals surface area contributed by atoms with E-state index in [1.165, 1.54) is 0 Å². The minimum absolute atomic E-state index is 0.0138. The van der Waals surface area contributed by atoms with E-state index in [4.69, 9.17) is 21.4 Å². The molecule has 2 aliphatic heterocycles. The zero-order valence-corrected chi connectivity index (χ0v) is 25.3. The van der Waals surface area contributed by atoms with Gasteiger partial charge in [0.1, 0.15) is 12.4 Å². The van der Waals surface area contributed by atoms with Gasteiger partial charge in [0.05, 0.1) is 28.5 Å². The Labute approximate surface area is 255 Å². The molecule has 2 atom stereocenters. The molecule has 9 heteroatoms. The summed E-state index contributed by atoms with van der Waals surface area (Å²) < 4.78 is 7.51. The van der Waals surface area contributed by atoms with Crippen LogP contribution in [-0.2, 0) is 14.3 Å². The first-order valence-corrected chi connectivity index (χ1v) is 15.6. The Morgan fingerprint density at radius 3 is 2.55 bits per heavy atom. The minimum Gasteiger partial charge on any atom is -0.376 e. The first kappa shape index (κ1) is 28.5. The normalized spacial score (nSPS) is 18.5. The number of anilines is 1. The highest BCUT2D eigenvalue weighted by Crippen LogP contribution is 2.49. The summed E-state index contributed by atoms with van der Waals surface area (Å²) in [6.07, 6.45) is 1.93. The van der Waals surface area contributed by atoms with Gasteiger partial charge in [-0.1, -0.05) is 65.7 Å². The summed E-state index contributed by atoms with van der Waals surface area (Å²) in [5.41, 5.74) is 6.70. The molecule has 1 saturated heterocycles. The molecule has 2 aliphatic rings. The van der Waals surface area contributed by atoms with E-state index in [2.05, 4.69) is 24.4 Å². The maximum Gasteiger partial charge on any atom is 0.240 e. The molecule has 1 N–H and O–H groups in total. The number of nitrogens with zero attached hydrogens (tertiary/aromatic N) is 3. The summed E-state index contributed by atoms with van der Waals surface area (Å²) in [5, 5.41) is 8.60. The molecule has 0 aliphatic carbocycles. The number of amides is 2. The fourth-order valence-corrected chi connectivity index (χ4v) is 6.98. The van der Waals surface area contributed by atoms with Gasteiger partial charge in [0, 0.05) is 29.3 Å². The molecule has 1 fully saturated rings. The number of carbonyl (C=O) groups excluding carboxylic acids is 2. The number of hydrogen-bond donors (Lipinski definition) is 1. The lowest BCUT2D eigenvalue weighted by molar-refractivity contribution is -0.123. The second-order valence-electron chi connectivity index (χ2n) is 10.8. The Bertz CT molecular complexity index is 1600. The molecular formula is C33H33ClN4O3S. The molecule has 0 bridgehead atoms. The summed E-state index contributed by atoms with van der Waals surface area (Å²) in [4.78, 5) is 28.8. The van der Waals surface area contributed by atoms with Gasteiger partial charge >= 0.3 is 0 Å². The van der Waals surface area contributed by atoms with Crippen LogP contribution in [0.25, 0.3) is 16.9 Å². The summed E-state index contributed by atoms with van der Waals surface area (Å²) >= 11 is 7.84. The van der Waals surface area contributed by atoms with Gasteiger partial charge in [-0.25, -0.2) is 4.68 Å². The van der Waals surface area contributed by atoms with Crippen molar-refractivity contribution in [3.8, 4) is 16.9 Å². The molecule has 7 nitrogen and oxygen atoms in total. The lowest BCUT2D eigenvalue weighted by Crippen LogP contribution is -2.44. The molecule has 0 spiro atoms. The zero-order valence-electron chi connectivity index (χ0n) is 23.7. The van der Waals surface area contributed by atoms with E-state index >= 15 is 0 Å². The largest absolute Gasteiger partial charge is 0.376 e. The molecular weight excluding hydrogens is 568 g/mol. The average molecular weight is 601 g/mol. The van der Waals surface area contributed by atoms with Crippen molar-refractivity contribution in [2.75, 3.05) is 30.3 Å². The number of aromatic nitrogens is 2. The van der Waals surface area contributed by atoms with Crippen LogP contribution in [0.5, 0.6) is 0 Å². The number of thioether (sulfide) groups is 1. The van der Waals surface area contributed by atoms with E-state index in [-0.39, 0.29) is 35.5 Å². The number of hydrogen-bond acceptors (Lipinski definition) is 5. The van der Waals surface area contributed by atoms with E-state index < -0.39 is 0 Å². The van der Waals surface area contributed by atoms with Gasteiger partial charge in [0.2, 0.25) is 11.8 Å². The molecule has 6 rings (SSSR count). The SMILES string of the molecule is Cc1ccc(-n2nc(-c3ccc(Cl)cc3)c3c2N(CC(=O)NCC2CCCO2)C(=O)CSC3c2ccccc2C)cc1. The lowest BCUT2D eigenvalue weighted by atomic mass is 9.96. The monoisotopic (exact) mass is 600 g/mol.